The van der Waals surface area contributed by atoms with Crippen LogP contribution in [0.3, 0.4) is 0 Å². The number of benzene rings is 1. The molecule has 0 radical (unpaired) electrons. The number of carbonyl (C=O) groups is 1. The van der Waals surface area contributed by atoms with E-state index < -0.39 is 0 Å². The summed E-state index contributed by atoms with van der Waals surface area (Å²) in [6.07, 6.45) is 10.5. The van der Waals surface area contributed by atoms with Crippen molar-refractivity contribution in [1.29, 1.82) is 5.26 Å². The van der Waals surface area contributed by atoms with Crippen LogP contribution in [0.15, 0.2) is 73.3 Å². The van der Waals surface area contributed by atoms with Gasteiger partial charge in [-0.2, -0.15) is 5.26 Å². The Kier molecular flexibility index (Phi) is 5.57. The molecule has 0 spiro atoms. The molecule has 0 bridgehead atoms. The molecule has 35 heavy (non-hydrogen) atoms. The minimum Gasteiger partial charge on any atom is -0.356 e. The molecular formula is C28H28N6O. The van der Waals surface area contributed by atoms with Gasteiger partial charge >= 0.3 is 0 Å². The van der Waals surface area contributed by atoms with Gasteiger partial charge in [0.25, 0.3) is 0 Å². The molecule has 0 N–H and O–H groups in total. The summed E-state index contributed by atoms with van der Waals surface area (Å²) in [7, 11) is 0. The second-order valence-corrected chi connectivity index (χ2v) is 9.92. The van der Waals surface area contributed by atoms with Crippen LogP contribution in [0.2, 0.25) is 0 Å². The predicted molar refractivity (Wildman–Crippen MR) is 134 cm³/mol. The highest BCUT2D eigenvalue weighted by atomic mass is 16.2. The molecule has 2 fully saturated rings. The zero-order chi connectivity index (χ0) is 23.8. The molecule has 3 aromatic rings. The van der Waals surface area contributed by atoms with Crippen LogP contribution in [-0.4, -0.2) is 40.1 Å². The van der Waals surface area contributed by atoms with Crippen molar-refractivity contribution in [2.75, 3.05) is 29.4 Å². The minimum absolute atomic E-state index is 0.0389. The average molecular weight is 465 g/mol. The zero-order valence-corrected chi connectivity index (χ0v) is 19.6. The Hall–Kier alpha value is -3.92. The number of rotatable bonds is 4. The van der Waals surface area contributed by atoms with Gasteiger partial charge in [0, 0.05) is 49.9 Å². The first-order valence-electron chi connectivity index (χ1n) is 12.4. The van der Waals surface area contributed by atoms with Gasteiger partial charge in [-0.3, -0.25) is 9.36 Å². The second kappa shape index (κ2) is 9.03. The van der Waals surface area contributed by atoms with Crippen molar-refractivity contribution in [3.63, 3.8) is 0 Å². The molecule has 4 atom stereocenters. The Morgan fingerprint density at radius 2 is 1.80 bits per heavy atom. The summed E-state index contributed by atoms with van der Waals surface area (Å²) in [5, 5.41) is 9.14. The van der Waals surface area contributed by atoms with Crippen LogP contribution in [0, 0.1) is 29.1 Å². The van der Waals surface area contributed by atoms with E-state index in [0.717, 1.165) is 50.5 Å². The number of nitriles is 1. The lowest BCUT2D eigenvalue weighted by atomic mass is 9.93. The molecule has 2 aliphatic heterocycles. The highest BCUT2D eigenvalue weighted by Crippen LogP contribution is 2.43. The lowest BCUT2D eigenvalue weighted by Gasteiger charge is -2.30. The maximum Gasteiger partial charge on any atom is 0.235 e. The van der Waals surface area contributed by atoms with Crippen molar-refractivity contribution in [2.45, 2.75) is 25.2 Å². The summed E-state index contributed by atoms with van der Waals surface area (Å²) in [5.74, 6) is 3.37. The lowest BCUT2D eigenvalue weighted by Crippen LogP contribution is -2.31. The summed E-state index contributed by atoms with van der Waals surface area (Å²) in [6.45, 7) is 2.62. The molecule has 4 heterocycles. The van der Waals surface area contributed by atoms with Crippen molar-refractivity contribution >= 4 is 17.5 Å². The molecule has 1 saturated carbocycles. The Morgan fingerprint density at radius 1 is 1.00 bits per heavy atom. The molecule has 7 heteroatoms. The molecule has 0 unspecified atom stereocenters. The predicted octanol–water partition coefficient (Wildman–Crippen LogP) is 4.46. The van der Waals surface area contributed by atoms with Crippen LogP contribution in [0.25, 0.3) is 0 Å². The molecule has 3 aliphatic rings. The van der Waals surface area contributed by atoms with E-state index in [1.165, 1.54) is 11.9 Å². The van der Waals surface area contributed by atoms with Gasteiger partial charge in [-0.05, 0) is 48.8 Å². The first-order valence-corrected chi connectivity index (χ1v) is 12.4. The maximum absolute atomic E-state index is 13.6. The smallest absolute Gasteiger partial charge is 0.235 e. The Balaban J connectivity index is 1.13. The molecule has 1 aliphatic carbocycles. The number of carbonyl (C=O) groups excluding carboxylic acids is 1. The zero-order valence-electron chi connectivity index (χ0n) is 19.6. The minimum atomic E-state index is 0.0389. The topological polar surface area (TPSA) is 78.0 Å². The first kappa shape index (κ1) is 21.6. The fraction of sp³-hybridized carbons (Fsp3) is 0.357. The van der Waals surface area contributed by atoms with Gasteiger partial charge in [0.15, 0.2) is 0 Å². The standard InChI is InChI=1S/C28H28N6O/c29-15-25-14-26(31-19-30-25)33-17-23-12-22(13-24(23)18-33)28(35)34-11-5-9-27(34)32-10-4-8-21(16-32)20-6-2-1-3-7-20/h1-7,9-11,14,19,21-24H,8,12-13,16-18H2/t21-,22-,23-,24+/m0/s1. The van der Waals surface area contributed by atoms with Crippen molar-refractivity contribution in [1.82, 2.24) is 14.5 Å². The summed E-state index contributed by atoms with van der Waals surface area (Å²) in [4.78, 5) is 26.4. The van der Waals surface area contributed by atoms with Gasteiger partial charge in [0.2, 0.25) is 5.91 Å². The van der Waals surface area contributed by atoms with Crippen molar-refractivity contribution in [3.8, 4) is 6.07 Å². The van der Waals surface area contributed by atoms with E-state index in [9.17, 15) is 4.79 Å². The van der Waals surface area contributed by atoms with E-state index in [4.69, 9.17) is 5.26 Å². The number of nitrogens with zero attached hydrogens (tertiary/aromatic N) is 6. The third-order valence-electron chi connectivity index (χ3n) is 7.84. The molecule has 1 aromatic carbocycles. The van der Waals surface area contributed by atoms with Crippen LogP contribution in [0.1, 0.15) is 41.2 Å². The fourth-order valence-corrected chi connectivity index (χ4v) is 6.12. The van der Waals surface area contributed by atoms with E-state index in [-0.39, 0.29) is 11.8 Å². The Labute approximate surface area is 205 Å². The quantitative estimate of drug-likeness (QED) is 0.567. The normalized spacial score (nSPS) is 25.5. The van der Waals surface area contributed by atoms with Gasteiger partial charge in [-0.1, -0.05) is 36.4 Å². The number of fused-ring (bicyclic) bond motifs is 1. The molecule has 7 nitrogen and oxygen atoms in total. The van der Waals surface area contributed by atoms with Gasteiger partial charge < -0.3 is 9.80 Å². The number of hydrogen-bond acceptors (Lipinski definition) is 6. The van der Waals surface area contributed by atoms with Crippen LogP contribution in [-0.2, 0) is 0 Å². The van der Waals surface area contributed by atoms with Gasteiger partial charge in [0.05, 0.1) is 0 Å². The van der Waals surface area contributed by atoms with Crippen LogP contribution >= 0.6 is 0 Å². The number of hydrogen-bond donors (Lipinski definition) is 0. The SMILES string of the molecule is N#Cc1cc(N2C[C@H]3C[C@@H](C(=O)n4cccc4N4C=CC[C@H](c5ccccc5)C4)C[C@H]3C2)ncn1. The summed E-state index contributed by atoms with van der Waals surface area (Å²) in [5.41, 5.74) is 1.73. The Morgan fingerprint density at radius 3 is 2.57 bits per heavy atom. The largest absolute Gasteiger partial charge is 0.356 e. The van der Waals surface area contributed by atoms with E-state index in [2.05, 4.69) is 74.5 Å². The Bertz CT molecular complexity index is 1280. The molecule has 1 saturated heterocycles. The molecular weight excluding hydrogens is 436 g/mol. The molecule has 6 rings (SSSR count). The van der Waals surface area contributed by atoms with E-state index in [1.807, 2.05) is 16.8 Å². The monoisotopic (exact) mass is 464 g/mol. The van der Waals surface area contributed by atoms with E-state index in [0.29, 0.717) is 23.4 Å². The highest BCUT2D eigenvalue weighted by molar-refractivity contribution is 5.85. The molecule has 176 valence electrons. The van der Waals surface area contributed by atoms with Gasteiger partial charge in [-0.15, -0.1) is 0 Å². The summed E-state index contributed by atoms with van der Waals surface area (Å²) < 4.78 is 1.87. The van der Waals surface area contributed by atoms with Crippen LogP contribution in [0.4, 0.5) is 11.6 Å². The van der Waals surface area contributed by atoms with E-state index >= 15 is 0 Å². The van der Waals surface area contributed by atoms with Crippen molar-refractivity contribution in [3.05, 3.63) is 84.6 Å². The maximum atomic E-state index is 13.6. The van der Waals surface area contributed by atoms with Crippen LogP contribution in [0.5, 0.6) is 0 Å². The second-order valence-electron chi connectivity index (χ2n) is 9.92. The van der Waals surface area contributed by atoms with Gasteiger partial charge in [-0.25, -0.2) is 9.97 Å². The third kappa shape index (κ3) is 4.10. The van der Waals surface area contributed by atoms with Crippen molar-refractivity contribution in [2.24, 2.45) is 17.8 Å². The summed E-state index contributed by atoms with van der Waals surface area (Å²) >= 11 is 0. The third-order valence-corrected chi connectivity index (χ3v) is 7.84. The molecule has 2 aromatic heterocycles. The molecule has 0 amide bonds. The average Bonchev–Trinajstić information content (AvgIpc) is 3.64. The van der Waals surface area contributed by atoms with Crippen molar-refractivity contribution < 1.29 is 4.79 Å². The fourth-order valence-electron chi connectivity index (χ4n) is 6.12. The number of aromatic nitrogens is 3. The number of allylic oxidation sites excluding steroid dienone is 1. The first-order chi connectivity index (χ1) is 17.2. The highest BCUT2D eigenvalue weighted by Gasteiger charge is 2.44. The summed E-state index contributed by atoms with van der Waals surface area (Å²) in [6, 6.07) is 18.5. The number of anilines is 2. The van der Waals surface area contributed by atoms with Crippen LogP contribution < -0.4 is 9.80 Å². The van der Waals surface area contributed by atoms with Gasteiger partial charge in [0.1, 0.15) is 29.7 Å². The lowest BCUT2D eigenvalue weighted by molar-refractivity contribution is 0.0834. The van der Waals surface area contributed by atoms with E-state index in [1.54, 1.807) is 6.07 Å².